The van der Waals surface area contributed by atoms with E-state index in [1.807, 2.05) is 48.5 Å². The SMILES string of the molecule is Nc1cc(-c2ccccc2O)c2c(c1)[nH]c1ccccc12. The first kappa shape index (κ1) is 11.9. The van der Waals surface area contributed by atoms with Gasteiger partial charge in [-0.15, -0.1) is 0 Å². The number of benzene rings is 3. The Morgan fingerprint density at radius 2 is 1.57 bits per heavy atom. The number of fused-ring (bicyclic) bond motifs is 3. The average Bonchev–Trinajstić information content (AvgIpc) is 2.85. The van der Waals surface area contributed by atoms with E-state index in [0.29, 0.717) is 5.69 Å². The Hall–Kier alpha value is -2.94. The number of anilines is 1. The molecule has 3 aromatic carbocycles. The first-order chi connectivity index (χ1) is 10.2. The maximum Gasteiger partial charge on any atom is 0.123 e. The molecule has 0 radical (unpaired) electrons. The van der Waals surface area contributed by atoms with Crippen LogP contribution in [0.5, 0.6) is 5.75 Å². The van der Waals surface area contributed by atoms with E-state index < -0.39 is 0 Å². The summed E-state index contributed by atoms with van der Waals surface area (Å²) < 4.78 is 0. The standard InChI is InChI=1S/C18H14N2O/c19-11-9-14(12-5-2-4-8-17(12)21)18-13-6-1-3-7-15(13)20-16(18)10-11/h1-10,20-21H,19H2. The van der Waals surface area contributed by atoms with Gasteiger partial charge in [0.1, 0.15) is 5.75 Å². The van der Waals surface area contributed by atoms with E-state index in [0.717, 1.165) is 32.9 Å². The van der Waals surface area contributed by atoms with Gasteiger partial charge >= 0.3 is 0 Å². The number of nitrogens with two attached hydrogens (primary N) is 1. The van der Waals surface area contributed by atoms with Crippen LogP contribution in [0.2, 0.25) is 0 Å². The summed E-state index contributed by atoms with van der Waals surface area (Å²) in [6.45, 7) is 0. The van der Waals surface area contributed by atoms with E-state index in [-0.39, 0.29) is 5.75 Å². The third-order valence-corrected chi connectivity index (χ3v) is 3.82. The highest BCUT2D eigenvalue weighted by Gasteiger charge is 2.13. The predicted molar refractivity (Wildman–Crippen MR) is 87.3 cm³/mol. The minimum atomic E-state index is 0.259. The number of hydrogen-bond donors (Lipinski definition) is 3. The predicted octanol–water partition coefficient (Wildman–Crippen LogP) is 4.28. The minimum absolute atomic E-state index is 0.259. The Kier molecular flexibility index (Phi) is 2.42. The Labute approximate surface area is 121 Å². The fourth-order valence-corrected chi connectivity index (χ4v) is 2.92. The van der Waals surface area contributed by atoms with Crippen LogP contribution in [-0.2, 0) is 0 Å². The first-order valence-electron chi connectivity index (χ1n) is 6.82. The van der Waals surface area contributed by atoms with E-state index >= 15 is 0 Å². The van der Waals surface area contributed by atoms with Crippen molar-refractivity contribution in [1.82, 2.24) is 4.98 Å². The summed E-state index contributed by atoms with van der Waals surface area (Å²) in [4.78, 5) is 3.39. The molecule has 0 saturated heterocycles. The van der Waals surface area contributed by atoms with Crippen molar-refractivity contribution in [2.45, 2.75) is 0 Å². The van der Waals surface area contributed by atoms with Crippen LogP contribution in [0.4, 0.5) is 5.69 Å². The fourth-order valence-electron chi connectivity index (χ4n) is 2.92. The third-order valence-electron chi connectivity index (χ3n) is 3.82. The van der Waals surface area contributed by atoms with Gasteiger partial charge in [0.15, 0.2) is 0 Å². The molecule has 0 saturated carbocycles. The highest BCUT2D eigenvalue weighted by atomic mass is 16.3. The van der Waals surface area contributed by atoms with Gasteiger partial charge in [-0.2, -0.15) is 0 Å². The topological polar surface area (TPSA) is 62.0 Å². The zero-order valence-electron chi connectivity index (χ0n) is 11.3. The van der Waals surface area contributed by atoms with Crippen LogP contribution >= 0.6 is 0 Å². The average molecular weight is 274 g/mol. The molecule has 1 aromatic heterocycles. The second-order valence-electron chi connectivity index (χ2n) is 5.18. The first-order valence-corrected chi connectivity index (χ1v) is 6.82. The molecule has 1 heterocycles. The van der Waals surface area contributed by atoms with Gasteiger partial charge in [0.25, 0.3) is 0 Å². The fraction of sp³-hybridized carbons (Fsp3) is 0. The highest BCUT2D eigenvalue weighted by Crippen LogP contribution is 2.39. The second-order valence-corrected chi connectivity index (χ2v) is 5.18. The molecule has 4 rings (SSSR count). The number of nitrogens with one attached hydrogen (secondary N) is 1. The van der Waals surface area contributed by atoms with Gasteiger partial charge in [-0.25, -0.2) is 0 Å². The van der Waals surface area contributed by atoms with Crippen molar-refractivity contribution in [2.75, 3.05) is 5.73 Å². The lowest BCUT2D eigenvalue weighted by molar-refractivity contribution is 0.477. The molecule has 0 bridgehead atoms. The normalized spacial score (nSPS) is 11.2. The lowest BCUT2D eigenvalue weighted by atomic mass is 9.98. The number of para-hydroxylation sites is 2. The van der Waals surface area contributed by atoms with Gasteiger partial charge in [0.05, 0.1) is 0 Å². The number of phenolic OH excluding ortho intramolecular Hbond substituents is 1. The monoisotopic (exact) mass is 274 g/mol. The molecule has 0 fully saturated rings. The van der Waals surface area contributed by atoms with E-state index in [1.165, 1.54) is 0 Å². The molecule has 3 heteroatoms. The van der Waals surface area contributed by atoms with Gasteiger partial charge in [-0.1, -0.05) is 36.4 Å². The van der Waals surface area contributed by atoms with Crippen LogP contribution in [0.25, 0.3) is 32.9 Å². The molecule has 0 spiro atoms. The van der Waals surface area contributed by atoms with E-state index in [2.05, 4.69) is 11.1 Å². The molecule has 0 aliphatic carbocycles. The summed E-state index contributed by atoms with van der Waals surface area (Å²) in [6.07, 6.45) is 0. The molecule has 4 aromatic rings. The van der Waals surface area contributed by atoms with Crippen molar-refractivity contribution < 1.29 is 5.11 Å². The summed E-state index contributed by atoms with van der Waals surface area (Å²) in [5.74, 6) is 0.259. The molecule has 21 heavy (non-hydrogen) atoms. The van der Waals surface area contributed by atoms with Gasteiger partial charge in [0, 0.05) is 33.1 Å². The van der Waals surface area contributed by atoms with Crippen LogP contribution in [0, 0.1) is 0 Å². The molecule has 0 unspecified atom stereocenters. The molecular weight excluding hydrogens is 260 g/mol. The third kappa shape index (κ3) is 1.75. The number of nitrogen functional groups attached to an aromatic ring is 1. The largest absolute Gasteiger partial charge is 0.507 e. The molecule has 102 valence electrons. The number of aromatic hydroxyl groups is 1. The van der Waals surface area contributed by atoms with Crippen LogP contribution in [-0.4, -0.2) is 10.1 Å². The lowest BCUT2D eigenvalue weighted by Gasteiger charge is -2.08. The quantitative estimate of drug-likeness (QED) is 0.454. The summed E-state index contributed by atoms with van der Waals surface area (Å²) in [5, 5.41) is 12.4. The minimum Gasteiger partial charge on any atom is -0.507 e. The number of phenols is 1. The number of aromatic amines is 1. The molecule has 3 nitrogen and oxygen atoms in total. The summed E-state index contributed by atoms with van der Waals surface area (Å²) in [6, 6.07) is 19.3. The summed E-state index contributed by atoms with van der Waals surface area (Å²) in [5.41, 5.74) is 10.5. The maximum atomic E-state index is 10.2. The van der Waals surface area contributed by atoms with Crippen molar-refractivity contribution in [3.8, 4) is 16.9 Å². The Morgan fingerprint density at radius 3 is 2.43 bits per heavy atom. The van der Waals surface area contributed by atoms with Gasteiger partial charge < -0.3 is 15.8 Å². The number of hydrogen-bond acceptors (Lipinski definition) is 2. The van der Waals surface area contributed by atoms with E-state index in [1.54, 1.807) is 6.07 Å². The molecule has 0 atom stereocenters. The van der Waals surface area contributed by atoms with Gasteiger partial charge in [-0.05, 0) is 29.8 Å². The van der Waals surface area contributed by atoms with Crippen LogP contribution < -0.4 is 5.73 Å². The van der Waals surface area contributed by atoms with Gasteiger partial charge in [0.2, 0.25) is 0 Å². The molecule has 0 amide bonds. The van der Waals surface area contributed by atoms with Crippen LogP contribution in [0.15, 0.2) is 60.7 Å². The number of H-pyrrole nitrogens is 1. The van der Waals surface area contributed by atoms with E-state index in [9.17, 15) is 5.11 Å². The van der Waals surface area contributed by atoms with Crippen molar-refractivity contribution in [3.05, 3.63) is 60.7 Å². The molecule has 0 aliphatic rings. The van der Waals surface area contributed by atoms with E-state index in [4.69, 9.17) is 5.73 Å². The molecular formula is C18H14N2O. The summed E-state index contributed by atoms with van der Waals surface area (Å²) >= 11 is 0. The highest BCUT2D eigenvalue weighted by molar-refractivity contribution is 6.15. The Balaban J connectivity index is 2.20. The molecule has 0 aliphatic heterocycles. The zero-order valence-corrected chi connectivity index (χ0v) is 11.3. The zero-order chi connectivity index (χ0) is 14.4. The Bertz CT molecular complexity index is 969. The summed E-state index contributed by atoms with van der Waals surface area (Å²) in [7, 11) is 0. The Morgan fingerprint density at radius 1 is 0.810 bits per heavy atom. The number of aromatic nitrogens is 1. The smallest absolute Gasteiger partial charge is 0.123 e. The second kappa shape index (κ2) is 4.28. The number of rotatable bonds is 1. The van der Waals surface area contributed by atoms with Crippen LogP contribution in [0.1, 0.15) is 0 Å². The van der Waals surface area contributed by atoms with Crippen molar-refractivity contribution in [2.24, 2.45) is 0 Å². The van der Waals surface area contributed by atoms with Crippen LogP contribution in [0.3, 0.4) is 0 Å². The van der Waals surface area contributed by atoms with Crippen molar-refractivity contribution >= 4 is 27.5 Å². The van der Waals surface area contributed by atoms with Crippen molar-refractivity contribution in [1.29, 1.82) is 0 Å². The lowest BCUT2D eigenvalue weighted by Crippen LogP contribution is -1.88. The van der Waals surface area contributed by atoms with Gasteiger partial charge in [-0.3, -0.25) is 0 Å². The van der Waals surface area contributed by atoms with Crippen molar-refractivity contribution in [3.63, 3.8) is 0 Å². The molecule has 4 N–H and O–H groups in total. The maximum absolute atomic E-state index is 10.2.